The minimum atomic E-state index is -4.08. The lowest BCUT2D eigenvalue weighted by molar-refractivity contribution is 0.00406. The van der Waals surface area contributed by atoms with E-state index in [4.69, 9.17) is 100 Å². The van der Waals surface area contributed by atoms with Gasteiger partial charge in [-0.25, -0.2) is 57.1 Å². The largest absolute Gasteiger partial charge is 0.474 e. The van der Waals surface area contributed by atoms with Gasteiger partial charge in [0, 0.05) is 76.9 Å². The summed E-state index contributed by atoms with van der Waals surface area (Å²) in [5, 5.41) is 27.6. The van der Waals surface area contributed by atoms with Crippen LogP contribution in [0.1, 0.15) is 265 Å². The van der Waals surface area contributed by atoms with Crippen molar-refractivity contribution < 1.29 is 162 Å². The number of esters is 10. The van der Waals surface area contributed by atoms with E-state index in [0.29, 0.717) is 30.9 Å². The molecule has 134 heavy (non-hydrogen) atoms. The van der Waals surface area contributed by atoms with Crippen molar-refractivity contribution in [2.45, 2.75) is 160 Å². The molecule has 5 aromatic carbocycles. The SMILES string of the molecule is CC(C)(CO)COC(=O)c1ccc(C(=O)OCC(C)(C)CO)cc1.CCOP(=O)(OCC(C)(C)COC(=O)c1ccc(C(=O)OCC(C)(C)CO)cc1)OCC(C)(C)COC(=O)c1ccc(C(=O)OCC(C)(C)COC)cc1.CCOP(=O)(OCC(C)(C)COC(=O)c1ccc(C(=O)OCC(C)(C)COC)cc1)OCC(C)(C)COC(=O)c1ccc(C(=O)OCC(C)(C)COC)cc1.[3H]C. The third kappa shape index (κ3) is 46.5. The number of carbonyl (C=O) groups is 10. The van der Waals surface area contributed by atoms with E-state index in [1.54, 1.807) is 132 Å². The Morgan fingerprint density at radius 1 is 0.224 bits per heavy atom. The van der Waals surface area contributed by atoms with Gasteiger partial charge in [-0.15, -0.1) is 0 Å². The Kier molecular flexibility index (Phi) is 49.0. The predicted molar refractivity (Wildman–Crippen MR) is 499 cm³/mol. The van der Waals surface area contributed by atoms with Crippen LogP contribution in [0.5, 0.6) is 0 Å². The normalized spacial score (nSPS) is 12.8. The highest BCUT2D eigenvalue weighted by atomic mass is 31.2. The zero-order chi connectivity index (χ0) is 103. The van der Waals surface area contributed by atoms with Crippen molar-refractivity contribution in [1.82, 2.24) is 0 Å². The summed E-state index contributed by atoms with van der Waals surface area (Å²) in [6, 6.07) is 29.5. The Morgan fingerprint density at radius 2 is 0.336 bits per heavy atom. The number of carbonyl (C=O) groups excluding carboxylic acids is 10. The van der Waals surface area contributed by atoms with Crippen LogP contribution in [0.15, 0.2) is 121 Å². The third-order valence-corrected chi connectivity index (χ3v) is 21.6. The maximum absolute atomic E-state index is 13.5. The first-order chi connectivity index (χ1) is 62.7. The van der Waals surface area contributed by atoms with Crippen LogP contribution in [-0.4, -0.2) is 242 Å². The number of hydrogen-bond acceptors (Lipinski definition) is 34. The molecule has 0 aliphatic rings. The standard InChI is InChI=1S/C40H59O14P.C39H57O14P.C18H26O6.CH4/c1-12-52-55(45,53-27-39(6,7)25-50-35(43)31-17-13-29(14-18-31)33(41)48-23-37(2,3)21-46-10)54-28-40(8,9)26-51-36(44)32-19-15-30(16-20-32)34(42)49-24-38(4,5)22-47-11;1-11-51-54(45,52-26-38(6,7)24-49-34(43)30-14-12-28(13-15-30)32(41)47-22-36(2,3)20-40)53-27-39(8,9)25-50-35(44)31-18-16-29(17-19-31)33(42)48-23-37(4,5)21-46-10;1-17(2,9-19)11-23-15(21)13-5-7-14(8-6-13)16(22)24-12-18(3,4)10-20;/h13-20H,12,21-28H2,1-11H3;12-19,40H,11,20-27H2,1-10H3;5-8,19-20H,9-12H2,1-4H3;1H4/i;;;1T. The number of phosphoric ester groups is 2. The van der Waals surface area contributed by atoms with Crippen LogP contribution >= 0.6 is 15.6 Å². The van der Waals surface area contributed by atoms with Gasteiger partial charge >= 0.3 is 75.3 Å². The molecule has 5 rings (SSSR count). The molecule has 0 amide bonds. The van der Waals surface area contributed by atoms with Crippen LogP contribution < -0.4 is 0 Å². The molecule has 0 spiro atoms. The van der Waals surface area contributed by atoms with Crippen molar-refractivity contribution in [3.05, 3.63) is 177 Å². The number of aliphatic hydroxyl groups is 3. The lowest BCUT2D eigenvalue weighted by atomic mass is 9.96. The van der Waals surface area contributed by atoms with Gasteiger partial charge in [0.15, 0.2) is 0 Å². The molecular weight excluding hydrogens is 1780 g/mol. The maximum atomic E-state index is 13.5. The van der Waals surface area contributed by atoms with Crippen molar-refractivity contribution >= 4 is 75.3 Å². The van der Waals surface area contributed by atoms with Crippen molar-refractivity contribution in [3.63, 3.8) is 0 Å². The van der Waals surface area contributed by atoms with Gasteiger partial charge in [0.05, 0.1) is 201 Å². The van der Waals surface area contributed by atoms with Crippen LogP contribution in [0.4, 0.5) is 0 Å². The molecule has 0 heterocycles. The van der Waals surface area contributed by atoms with E-state index in [0.717, 1.165) is 0 Å². The molecule has 0 saturated heterocycles. The number of phosphoric acid groups is 2. The molecule has 0 radical (unpaired) electrons. The van der Waals surface area contributed by atoms with E-state index in [9.17, 15) is 62.2 Å². The summed E-state index contributed by atoms with van der Waals surface area (Å²) in [6.07, 6.45) is 0. The highest BCUT2D eigenvalue weighted by Crippen LogP contribution is 2.53. The van der Waals surface area contributed by atoms with Crippen molar-refractivity contribution in [2.75, 3.05) is 167 Å². The van der Waals surface area contributed by atoms with Gasteiger partial charge < -0.3 is 76.9 Å². The van der Waals surface area contributed by atoms with Gasteiger partial charge in [-0.3, -0.25) is 27.1 Å². The van der Waals surface area contributed by atoms with E-state index >= 15 is 0 Å². The van der Waals surface area contributed by atoms with Crippen molar-refractivity contribution in [3.8, 4) is 0 Å². The molecule has 0 bridgehead atoms. The zero-order valence-corrected chi connectivity index (χ0v) is 84.8. The first-order valence-electron chi connectivity index (χ1n) is 44.3. The van der Waals surface area contributed by atoms with Gasteiger partial charge in [0.25, 0.3) is 0 Å². The van der Waals surface area contributed by atoms with Gasteiger partial charge in [-0.1, -0.05) is 146 Å². The lowest BCUT2D eigenvalue weighted by Crippen LogP contribution is -2.29. The topological polar surface area (TPSA) is 441 Å². The Balaban J connectivity index is 0.000000727. The first-order valence-corrected chi connectivity index (χ1v) is 46.2. The van der Waals surface area contributed by atoms with Crippen LogP contribution in [0.25, 0.3) is 0 Å². The molecule has 0 aromatic heterocycles. The molecule has 0 saturated carbocycles. The number of benzene rings is 5. The summed E-state index contributed by atoms with van der Waals surface area (Å²) in [5.41, 5.74) is -3.22. The van der Waals surface area contributed by atoms with E-state index in [2.05, 4.69) is 0 Å². The second kappa shape index (κ2) is 55.2. The summed E-state index contributed by atoms with van der Waals surface area (Å²) in [4.78, 5) is 125. The van der Waals surface area contributed by atoms with Crippen molar-refractivity contribution in [1.29, 1.82) is 0 Å². The quantitative estimate of drug-likeness (QED) is 0.0185. The molecule has 0 aliphatic carbocycles. The molecule has 0 fully saturated rings. The van der Waals surface area contributed by atoms with Crippen LogP contribution in [0, 0.1) is 54.1 Å². The molecule has 0 aliphatic heterocycles. The smallest absolute Gasteiger partial charge is 0.461 e. The molecule has 3 N–H and O–H groups in total. The number of methoxy groups -OCH3 is 3. The fourth-order valence-electron chi connectivity index (χ4n) is 10.3. The molecular formula is C98H146O34P2. The van der Waals surface area contributed by atoms with Crippen LogP contribution in [0.3, 0.4) is 0 Å². The maximum Gasteiger partial charge on any atom is 0.474 e. The molecule has 34 nitrogen and oxygen atoms in total. The van der Waals surface area contributed by atoms with Gasteiger partial charge in [0.2, 0.25) is 0 Å². The second-order valence-corrected chi connectivity index (χ2v) is 43.2. The fourth-order valence-corrected chi connectivity index (χ4v) is 13.4. The highest BCUT2D eigenvalue weighted by molar-refractivity contribution is 7.48. The van der Waals surface area contributed by atoms with Crippen LogP contribution in [-0.2, 0) is 97.9 Å². The van der Waals surface area contributed by atoms with Gasteiger partial charge in [-0.05, 0) is 135 Å². The molecule has 36 heteroatoms. The minimum Gasteiger partial charge on any atom is -0.461 e. The van der Waals surface area contributed by atoms with Gasteiger partial charge in [-0.2, -0.15) is 0 Å². The van der Waals surface area contributed by atoms with Gasteiger partial charge in [0.1, 0.15) is 0 Å². The average molecular weight is 1930 g/mol. The summed E-state index contributed by atoms with van der Waals surface area (Å²) in [5.74, 6) is -5.67. The summed E-state index contributed by atoms with van der Waals surface area (Å²) < 4.78 is 135. The van der Waals surface area contributed by atoms with E-state index in [1.165, 1.54) is 129 Å². The number of ether oxygens (including phenoxy) is 13. The predicted octanol–water partition coefficient (Wildman–Crippen LogP) is 17.2. The Labute approximate surface area is 791 Å². The molecule has 5 aromatic rings. The summed E-state index contributed by atoms with van der Waals surface area (Å²) in [7, 11) is -2.17. The lowest BCUT2D eigenvalue weighted by Gasteiger charge is -2.29. The van der Waals surface area contributed by atoms with E-state index in [-0.39, 0.29) is 186 Å². The summed E-state index contributed by atoms with van der Waals surface area (Å²) >= 11 is 0. The molecule has 1 unspecified atom stereocenters. The molecule has 752 valence electrons. The Morgan fingerprint density at radius 3 is 0.440 bits per heavy atom. The number of rotatable bonds is 55. The van der Waals surface area contributed by atoms with E-state index in [1.807, 2.05) is 41.5 Å². The van der Waals surface area contributed by atoms with Crippen LogP contribution in [0.2, 0.25) is 0 Å². The number of aliphatic hydroxyl groups excluding tert-OH is 3. The minimum absolute atomic E-state index is 0.0271. The number of hydrogen-bond donors (Lipinski definition) is 3. The monoisotopic (exact) mass is 1930 g/mol. The Hall–Kier alpha value is -9.22. The molecule has 1 atom stereocenters. The highest BCUT2D eigenvalue weighted by Gasteiger charge is 2.38. The fraction of sp³-hybridized carbons (Fsp3) is 0.592. The second-order valence-electron chi connectivity index (χ2n) is 39.9. The zero-order valence-electron chi connectivity index (χ0n) is 84.0. The summed E-state index contributed by atoms with van der Waals surface area (Å²) in [6.45, 7) is 40.2. The van der Waals surface area contributed by atoms with Crippen molar-refractivity contribution in [2.24, 2.45) is 54.1 Å². The third-order valence-electron chi connectivity index (χ3n) is 18.6. The first kappa shape index (κ1) is 119. The Bertz CT molecular complexity index is 4450. The van der Waals surface area contributed by atoms with E-state index < -0.39 is 113 Å². The average Bonchev–Trinajstić information content (AvgIpc) is 0.871.